The SMILES string of the molecule is CC(CNC(=O)N[C@@H]1C=C[C@H](CO)C1)N1CCc2sccc2C1. The van der Waals surface area contributed by atoms with Gasteiger partial charge >= 0.3 is 6.03 Å². The maximum atomic E-state index is 12.0. The maximum absolute atomic E-state index is 12.0. The Kier molecular flexibility index (Phi) is 5.35. The normalized spacial score (nSPS) is 25.1. The lowest BCUT2D eigenvalue weighted by Gasteiger charge is -2.32. The first-order valence-corrected chi connectivity index (χ1v) is 9.16. The molecule has 3 atom stereocenters. The van der Waals surface area contributed by atoms with Crippen molar-refractivity contribution >= 4 is 17.4 Å². The van der Waals surface area contributed by atoms with Gasteiger partial charge in [0.25, 0.3) is 0 Å². The minimum atomic E-state index is -0.127. The van der Waals surface area contributed by atoms with E-state index in [-0.39, 0.29) is 24.6 Å². The number of rotatable bonds is 5. The summed E-state index contributed by atoms with van der Waals surface area (Å²) >= 11 is 1.85. The topological polar surface area (TPSA) is 64.6 Å². The van der Waals surface area contributed by atoms with Crippen LogP contribution in [-0.4, -0.2) is 47.8 Å². The molecule has 1 aliphatic carbocycles. The predicted octanol–water partition coefficient (Wildman–Crippen LogP) is 1.73. The summed E-state index contributed by atoms with van der Waals surface area (Å²) in [5.74, 6) is 0.174. The molecule has 0 saturated heterocycles. The van der Waals surface area contributed by atoms with Crippen LogP contribution in [0.3, 0.4) is 0 Å². The van der Waals surface area contributed by atoms with Crippen molar-refractivity contribution < 1.29 is 9.90 Å². The molecule has 0 spiro atoms. The van der Waals surface area contributed by atoms with E-state index in [1.165, 1.54) is 10.4 Å². The number of amides is 2. The van der Waals surface area contributed by atoms with Crippen molar-refractivity contribution in [3.8, 4) is 0 Å². The molecule has 0 saturated carbocycles. The molecule has 0 radical (unpaired) electrons. The van der Waals surface area contributed by atoms with Gasteiger partial charge in [0.1, 0.15) is 0 Å². The van der Waals surface area contributed by atoms with Crippen LogP contribution in [0.25, 0.3) is 0 Å². The second kappa shape index (κ2) is 7.47. The van der Waals surface area contributed by atoms with Crippen LogP contribution in [-0.2, 0) is 13.0 Å². The first-order chi connectivity index (χ1) is 11.2. The minimum absolute atomic E-state index is 0.0332. The molecule has 1 unspecified atom stereocenters. The van der Waals surface area contributed by atoms with Crippen LogP contribution in [0.2, 0.25) is 0 Å². The van der Waals surface area contributed by atoms with Gasteiger partial charge in [0, 0.05) is 49.1 Å². The van der Waals surface area contributed by atoms with Crippen molar-refractivity contribution in [2.45, 2.75) is 38.4 Å². The summed E-state index contributed by atoms with van der Waals surface area (Å²) in [5.41, 5.74) is 1.43. The molecule has 1 aliphatic heterocycles. The molecule has 0 bridgehead atoms. The van der Waals surface area contributed by atoms with Gasteiger partial charge in [0.05, 0.1) is 0 Å². The number of nitrogens with zero attached hydrogens (tertiary/aromatic N) is 1. The third kappa shape index (κ3) is 4.13. The number of carbonyl (C=O) groups excluding carboxylic acids is 1. The second-order valence-corrected chi connectivity index (χ2v) is 7.46. The summed E-state index contributed by atoms with van der Waals surface area (Å²) < 4.78 is 0. The zero-order chi connectivity index (χ0) is 16.2. The maximum Gasteiger partial charge on any atom is 0.315 e. The van der Waals surface area contributed by atoms with Crippen LogP contribution >= 0.6 is 11.3 Å². The first-order valence-electron chi connectivity index (χ1n) is 8.28. The van der Waals surface area contributed by atoms with E-state index in [9.17, 15) is 4.79 Å². The van der Waals surface area contributed by atoms with E-state index >= 15 is 0 Å². The molecule has 2 aliphatic rings. The van der Waals surface area contributed by atoms with E-state index < -0.39 is 0 Å². The van der Waals surface area contributed by atoms with Gasteiger partial charge in [-0.25, -0.2) is 4.79 Å². The number of aliphatic hydroxyl groups is 1. The summed E-state index contributed by atoms with van der Waals surface area (Å²) in [4.78, 5) is 15.9. The lowest BCUT2D eigenvalue weighted by atomic mass is 10.1. The summed E-state index contributed by atoms with van der Waals surface area (Å²) in [6.07, 6.45) is 5.83. The van der Waals surface area contributed by atoms with Crippen LogP contribution in [0.1, 0.15) is 23.8 Å². The second-order valence-electron chi connectivity index (χ2n) is 6.46. The highest BCUT2D eigenvalue weighted by Gasteiger charge is 2.23. The zero-order valence-electron chi connectivity index (χ0n) is 13.5. The fraction of sp³-hybridized carbons (Fsp3) is 0.588. The number of fused-ring (bicyclic) bond motifs is 1. The van der Waals surface area contributed by atoms with Crippen molar-refractivity contribution in [1.82, 2.24) is 15.5 Å². The van der Waals surface area contributed by atoms with Crippen LogP contribution in [0.5, 0.6) is 0 Å². The Hall–Kier alpha value is -1.37. The Morgan fingerprint density at radius 1 is 1.52 bits per heavy atom. The van der Waals surface area contributed by atoms with Gasteiger partial charge in [-0.05, 0) is 36.8 Å². The molecule has 5 nitrogen and oxygen atoms in total. The lowest BCUT2D eigenvalue weighted by molar-refractivity contribution is 0.185. The highest BCUT2D eigenvalue weighted by Crippen LogP contribution is 2.25. The highest BCUT2D eigenvalue weighted by molar-refractivity contribution is 7.10. The van der Waals surface area contributed by atoms with Crippen LogP contribution in [0, 0.1) is 5.92 Å². The third-order valence-corrected chi connectivity index (χ3v) is 5.76. The van der Waals surface area contributed by atoms with Gasteiger partial charge in [-0.1, -0.05) is 12.2 Å². The molecular weight excluding hydrogens is 310 g/mol. The quantitative estimate of drug-likeness (QED) is 0.718. The molecule has 1 aromatic heterocycles. The monoisotopic (exact) mass is 335 g/mol. The van der Waals surface area contributed by atoms with Crippen molar-refractivity contribution in [2.24, 2.45) is 5.92 Å². The lowest BCUT2D eigenvalue weighted by Crippen LogP contribution is -2.48. The standard InChI is InChI=1S/C17H25N3O2S/c1-12(20-6-4-16-14(10-20)5-7-23-16)9-18-17(22)19-15-3-2-13(8-15)11-21/h2-3,5,7,12-13,15,21H,4,6,8-11H2,1H3,(H2,18,19,22)/t12?,13-,15+/m0/s1. The molecule has 23 heavy (non-hydrogen) atoms. The number of hydrogen-bond acceptors (Lipinski definition) is 4. The molecule has 126 valence electrons. The predicted molar refractivity (Wildman–Crippen MR) is 92.6 cm³/mol. The summed E-state index contributed by atoms with van der Waals surface area (Å²) in [7, 11) is 0. The van der Waals surface area contributed by atoms with Gasteiger partial charge in [-0.3, -0.25) is 4.90 Å². The summed E-state index contributed by atoms with van der Waals surface area (Å²) in [6.45, 7) is 4.99. The summed E-state index contributed by atoms with van der Waals surface area (Å²) in [6, 6.07) is 2.44. The summed E-state index contributed by atoms with van der Waals surface area (Å²) in [5, 5.41) is 17.2. The smallest absolute Gasteiger partial charge is 0.315 e. The Morgan fingerprint density at radius 3 is 3.17 bits per heavy atom. The third-order valence-electron chi connectivity index (χ3n) is 4.74. The van der Waals surface area contributed by atoms with Crippen molar-refractivity contribution in [2.75, 3.05) is 19.7 Å². The van der Waals surface area contributed by atoms with Crippen molar-refractivity contribution in [3.63, 3.8) is 0 Å². The largest absolute Gasteiger partial charge is 0.396 e. The molecule has 6 heteroatoms. The van der Waals surface area contributed by atoms with E-state index in [4.69, 9.17) is 5.11 Å². The fourth-order valence-electron chi connectivity index (χ4n) is 3.25. The molecule has 0 aromatic carbocycles. The number of aliphatic hydroxyl groups excluding tert-OH is 1. The number of hydrogen-bond donors (Lipinski definition) is 3. The van der Waals surface area contributed by atoms with E-state index in [1.807, 2.05) is 23.5 Å². The van der Waals surface area contributed by atoms with E-state index in [1.54, 1.807) is 0 Å². The molecule has 0 fully saturated rings. The first kappa shape index (κ1) is 16.5. The zero-order valence-corrected chi connectivity index (χ0v) is 14.3. The fourth-order valence-corrected chi connectivity index (χ4v) is 4.14. The van der Waals surface area contributed by atoms with Crippen LogP contribution < -0.4 is 10.6 Å². The number of carbonyl (C=O) groups is 1. The molecule has 3 rings (SSSR count). The van der Waals surface area contributed by atoms with E-state index in [0.29, 0.717) is 12.6 Å². The van der Waals surface area contributed by atoms with Gasteiger partial charge in [-0.2, -0.15) is 0 Å². The minimum Gasteiger partial charge on any atom is -0.396 e. The number of thiophene rings is 1. The number of nitrogens with one attached hydrogen (secondary N) is 2. The molecule has 2 amide bonds. The average Bonchev–Trinajstić information content (AvgIpc) is 3.20. The van der Waals surface area contributed by atoms with Gasteiger partial charge in [0.15, 0.2) is 0 Å². The van der Waals surface area contributed by atoms with E-state index in [2.05, 4.69) is 33.9 Å². The molecule has 2 heterocycles. The average molecular weight is 335 g/mol. The van der Waals surface area contributed by atoms with Crippen molar-refractivity contribution in [3.05, 3.63) is 34.0 Å². The molecular formula is C17H25N3O2S. The number of urea groups is 1. The molecule has 3 N–H and O–H groups in total. The molecule has 1 aromatic rings. The van der Waals surface area contributed by atoms with Gasteiger partial charge < -0.3 is 15.7 Å². The van der Waals surface area contributed by atoms with Gasteiger partial charge in [0.2, 0.25) is 0 Å². The Bertz CT molecular complexity index is 572. The van der Waals surface area contributed by atoms with Crippen molar-refractivity contribution in [1.29, 1.82) is 0 Å². The Morgan fingerprint density at radius 2 is 2.39 bits per heavy atom. The van der Waals surface area contributed by atoms with Crippen LogP contribution in [0.15, 0.2) is 23.6 Å². The Balaban J connectivity index is 1.40. The Labute approximate surface area is 141 Å². The highest BCUT2D eigenvalue weighted by atomic mass is 32.1. The van der Waals surface area contributed by atoms with Gasteiger partial charge in [-0.15, -0.1) is 11.3 Å². The van der Waals surface area contributed by atoms with E-state index in [0.717, 1.165) is 25.9 Å². The van der Waals surface area contributed by atoms with Crippen LogP contribution in [0.4, 0.5) is 4.79 Å².